The van der Waals surface area contributed by atoms with Gasteiger partial charge in [0.05, 0.1) is 12.6 Å². The molecule has 0 aliphatic heterocycles. The van der Waals surface area contributed by atoms with Gasteiger partial charge >= 0.3 is 0 Å². The Morgan fingerprint density at radius 2 is 1.94 bits per heavy atom. The first-order valence-electron chi connectivity index (χ1n) is 6.50. The second-order valence-electron chi connectivity index (χ2n) is 4.74. The van der Waals surface area contributed by atoms with Crippen molar-refractivity contribution in [2.24, 2.45) is 16.5 Å². The van der Waals surface area contributed by atoms with E-state index in [0.29, 0.717) is 31.2 Å². The Balaban J connectivity index is 2.37. The van der Waals surface area contributed by atoms with Gasteiger partial charge in [0.1, 0.15) is 6.61 Å². The van der Waals surface area contributed by atoms with Crippen LogP contribution in [0, 0.1) is 0 Å². The third kappa shape index (κ3) is 5.51. The highest BCUT2D eigenvalue weighted by molar-refractivity contribution is 5.78. The highest BCUT2D eigenvalue weighted by atomic mass is 16.5. The summed E-state index contributed by atoms with van der Waals surface area (Å²) in [7, 11) is 1.63. The molecule has 0 bridgehead atoms. The van der Waals surface area contributed by atoms with Gasteiger partial charge in [-0.05, 0) is 32.6 Å². The van der Waals surface area contributed by atoms with Crippen molar-refractivity contribution in [3.63, 3.8) is 0 Å². The molecule has 0 atom stereocenters. The van der Waals surface area contributed by atoms with Crippen LogP contribution in [0.3, 0.4) is 0 Å². The van der Waals surface area contributed by atoms with Crippen molar-refractivity contribution in [2.75, 3.05) is 20.3 Å². The Morgan fingerprint density at radius 1 is 1.28 bits per heavy atom. The molecule has 1 rings (SSSR count). The molecule has 1 aliphatic rings. The van der Waals surface area contributed by atoms with E-state index in [4.69, 9.17) is 20.9 Å². The van der Waals surface area contributed by atoms with Gasteiger partial charge < -0.3 is 20.9 Å². The summed E-state index contributed by atoms with van der Waals surface area (Å²) in [4.78, 5) is 4.54. The Labute approximate surface area is 109 Å². The smallest absolute Gasteiger partial charge is 0.188 e. The van der Waals surface area contributed by atoms with Crippen molar-refractivity contribution >= 4 is 6.21 Å². The van der Waals surface area contributed by atoms with Gasteiger partial charge in [0.2, 0.25) is 0 Å². The number of hydrogen-bond acceptors (Lipinski definition) is 5. The van der Waals surface area contributed by atoms with Gasteiger partial charge in [-0.15, -0.1) is 0 Å². The van der Waals surface area contributed by atoms with E-state index in [2.05, 4.69) is 4.99 Å². The minimum absolute atomic E-state index is 0.357. The van der Waals surface area contributed by atoms with Crippen LogP contribution in [0.2, 0.25) is 0 Å². The molecule has 104 valence electrons. The Hall–Kier alpha value is -1.07. The third-order valence-corrected chi connectivity index (χ3v) is 3.15. The van der Waals surface area contributed by atoms with Crippen LogP contribution in [-0.2, 0) is 9.47 Å². The number of ether oxygens (including phenoxy) is 2. The topological polar surface area (TPSA) is 82.9 Å². The predicted octanol–water partition coefficient (Wildman–Crippen LogP) is 1.18. The molecular weight excluding hydrogens is 230 g/mol. The van der Waals surface area contributed by atoms with Crippen LogP contribution in [0.1, 0.15) is 32.6 Å². The fourth-order valence-electron chi connectivity index (χ4n) is 1.88. The molecule has 0 amide bonds. The molecule has 1 fully saturated rings. The maximum atomic E-state index is 5.86. The molecule has 0 aromatic heterocycles. The number of aliphatic imine (C=N–C) groups is 1. The maximum absolute atomic E-state index is 5.86. The molecule has 0 spiro atoms. The molecule has 5 heteroatoms. The zero-order valence-electron chi connectivity index (χ0n) is 11.4. The summed E-state index contributed by atoms with van der Waals surface area (Å²) in [5.74, 6) is 0.420. The van der Waals surface area contributed by atoms with Crippen LogP contribution < -0.4 is 11.5 Å². The monoisotopic (exact) mass is 255 g/mol. The van der Waals surface area contributed by atoms with Gasteiger partial charge in [-0.3, -0.25) is 4.99 Å². The van der Waals surface area contributed by atoms with Crippen molar-refractivity contribution in [1.29, 1.82) is 0 Å². The van der Waals surface area contributed by atoms with Gasteiger partial charge in [-0.2, -0.15) is 0 Å². The molecule has 1 saturated carbocycles. The summed E-state index contributed by atoms with van der Waals surface area (Å²) in [5, 5.41) is 0. The number of allylic oxidation sites excluding steroid dienone is 1. The number of nitrogens with zero attached hydrogens (tertiary/aromatic N) is 1. The summed E-state index contributed by atoms with van der Waals surface area (Å²) in [6, 6.07) is 0.738. The zero-order valence-corrected chi connectivity index (χ0v) is 11.4. The highest BCUT2D eigenvalue weighted by Crippen LogP contribution is 2.19. The van der Waals surface area contributed by atoms with E-state index in [1.165, 1.54) is 0 Å². The first-order valence-corrected chi connectivity index (χ1v) is 6.50. The largest absolute Gasteiger partial charge is 0.477 e. The fourth-order valence-corrected chi connectivity index (χ4v) is 1.88. The lowest BCUT2D eigenvalue weighted by Crippen LogP contribution is -2.28. The number of methoxy groups -OCH3 is 1. The second-order valence-corrected chi connectivity index (χ2v) is 4.74. The van der Waals surface area contributed by atoms with Gasteiger partial charge in [0.15, 0.2) is 5.88 Å². The average Bonchev–Trinajstić information content (AvgIpc) is 2.38. The molecule has 1 aliphatic carbocycles. The highest BCUT2D eigenvalue weighted by Gasteiger charge is 2.16. The summed E-state index contributed by atoms with van der Waals surface area (Å²) >= 11 is 0. The summed E-state index contributed by atoms with van der Waals surface area (Å²) < 4.78 is 10.2. The van der Waals surface area contributed by atoms with Crippen molar-refractivity contribution in [1.82, 2.24) is 0 Å². The van der Waals surface area contributed by atoms with E-state index in [-0.39, 0.29) is 0 Å². The summed E-state index contributed by atoms with van der Waals surface area (Å²) in [6.07, 6.45) is 6.06. The van der Waals surface area contributed by atoms with E-state index in [1.54, 1.807) is 7.11 Å². The van der Waals surface area contributed by atoms with Gasteiger partial charge in [0.25, 0.3) is 0 Å². The van der Waals surface area contributed by atoms with E-state index in [1.807, 2.05) is 13.1 Å². The standard InChI is InChI=1S/C13H25N3O2/c1-10(13(15)18-8-7-17-2)9-16-12-5-3-11(14)4-6-12/h9,11-12H,3-8,14-15H2,1-2H3. The molecule has 4 N–H and O–H groups in total. The van der Waals surface area contributed by atoms with Gasteiger partial charge in [0, 0.05) is 24.9 Å². The second kappa shape index (κ2) is 8.11. The molecule has 0 aromatic carbocycles. The summed E-state index contributed by atoms with van der Waals surface area (Å²) in [5.41, 5.74) is 12.5. The predicted molar refractivity (Wildman–Crippen MR) is 73.4 cm³/mol. The SMILES string of the molecule is COCCOC(N)=C(C)C=NC1CCC(N)CC1. The molecule has 5 nitrogen and oxygen atoms in total. The van der Waals surface area contributed by atoms with Gasteiger partial charge in [-0.1, -0.05) is 0 Å². The van der Waals surface area contributed by atoms with E-state index in [0.717, 1.165) is 31.3 Å². The quantitative estimate of drug-likeness (QED) is 0.424. The van der Waals surface area contributed by atoms with Crippen LogP contribution in [0.4, 0.5) is 0 Å². The summed E-state index contributed by atoms with van der Waals surface area (Å²) in [6.45, 7) is 2.90. The van der Waals surface area contributed by atoms with Crippen molar-refractivity contribution in [3.8, 4) is 0 Å². The van der Waals surface area contributed by atoms with Crippen LogP contribution in [0.5, 0.6) is 0 Å². The number of rotatable bonds is 6. The minimum atomic E-state index is 0.357. The first-order chi connectivity index (χ1) is 8.63. The molecular formula is C13H25N3O2. The van der Waals surface area contributed by atoms with Crippen molar-refractivity contribution < 1.29 is 9.47 Å². The van der Waals surface area contributed by atoms with Crippen LogP contribution in [0.15, 0.2) is 16.4 Å². The van der Waals surface area contributed by atoms with E-state index in [9.17, 15) is 0 Å². The Kier molecular flexibility index (Phi) is 6.75. The van der Waals surface area contributed by atoms with Crippen molar-refractivity contribution in [3.05, 3.63) is 11.5 Å². The number of hydrogen-bond donors (Lipinski definition) is 2. The fraction of sp³-hybridized carbons (Fsp3) is 0.769. The van der Waals surface area contributed by atoms with Crippen molar-refractivity contribution in [2.45, 2.75) is 44.7 Å². The minimum Gasteiger partial charge on any atom is -0.477 e. The van der Waals surface area contributed by atoms with E-state index >= 15 is 0 Å². The molecule has 0 saturated heterocycles. The maximum Gasteiger partial charge on any atom is 0.188 e. The zero-order chi connectivity index (χ0) is 13.4. The van der Waals surface area contributed by atoms with Crippen LogP contribution in [0.25, 0.3) is 0 Å². The molecule has 0 unspecified atom stereocenters. The normalized spacial score (nSPS) is 26.2. The molecule has 0 heterocycles. The average molecular weight is 255 g/mol. The Bertz CT molecular complexity index is 295. The lowest BCUT2D eigenvalue weighted by atomic mass is 9.92. The third-order valence-electron chi connectivity index (χ3n) is 3.15. The van der Waals surface area contributed by atoms with Crippen LogP contribution in [-0.4, -0.2) is 38.6 Å². The molecule has 0 radical (unpaired) electrons. The van der Waals surface area contributed by atoms with Crippen LogP contribution >= 0.6 is 0 Å². The molecule has 0 aromatic rings. The first kappa shape index (κ1) is 15.0. The lowest BCUT2D eigenvalue weighted by Gasteiger charge is -2.22. The van der Waals surface area contributed by atoms with Gasteiger partial charge in [-0.25, -0.2) is 0 Å². The molecule has 18 heavy (non-hydrogen) atoms. The number of nitrogens with two attached hydrogens (primary N) is 2. The Morgan fingerprint density at radius 3 is 2.56 bits per heavy atom. The lowest BCUT2D eigenvalue weighted by molar-refractivity contribution is 0.108. The van der Waals surface area contributed by atoms with E-state index < -0.39 is 0 Å².